The number of rotatable bonds is 7. The lowest BCUT2D eigenvalue weighted by Crippen LogP contribution is -2.49. The van der Waals surface area contributed by atoms with Gasteiger partial charge in [-0.15, -0.1) is 12.4 Å². The summed E-state index contributed by atoms with van der Waals surface area (Å²) in [6.07, 6.45) is 1.41. The van der Waals surface area contributed by atoms with E-state index in [0.717, 1.165) is 0 Å². The highest BCUT2D eigenvalue weighted by atomic mass is 35.5. The SMILES string of the molecule is CCC(N)(CC)CNS(=O)(=O)Cc1ccc(Cl)c(Cl)c1.Cl. The first kappa shape index (κ1) is 21.0. The molecule has 0 heterocycles. The Morgan fingerprint density at radius 3 is 2.24 bits per heavy atom. The minimum Gasteiger partial charge on any atom is -0.324 e. The van der Waals surface area contributed by atoms with Gasteiger partial charge in [0.15, 0.2) is 0 Å². The van der Waals surface area contributed by atoms with Gasteiger partial charge in [0.05, 0.1) is 15.8 Å². The van der Waals surface area contributed by atoms with Gasteiger partial charge in [-0.05, 0) is 30.5 Å². The van der Waals surface area contributed by atoms with E-state index in [4.69, 9.17) is 28.9 Å². The third kappa shape index (κ3) is 6.72. The molecule has 4 nitrogen and oxygen atoms in total. The average molecular weight is 376 g/mol. The summed E-state index contributed by atoms with van der Waals surface area (Å²) >= 11 is 11.7. The van der Waals surface area contributed by atoms with Crippen LogP contribution in [0.4, 0.5) is 0 Å². The van der Waals surface area contributed by atoms with Crippen LogP contribution in [0.5, 0.6) is 0 Å². The molecule has 0 unspecified atom stereocenters. The van der Waals surface area contributed by atoms with Crippen LogP contribution in [0.25, 0.3) is 0 Å². The van der Waals surface area contributed by atoms with Crippen LogP contribution in [0.2, 0.25) is 10.0 Å². The van der Waals surface area contributed by atoms with Gasteiger partial charge in [0.2, 0.25) is 10.0 Å². The Morgan fingerprint density at radius 2 is 1.76 bits per heavy atom. The summed E-state index contributed by atoms with van der Waals surface area (Å²) in [7, 11) is -3.45. The molecule has 1 aromatic carbocycles. The molecule has 0 aromatic heterocycles. The molecular formula is C13H21Cl3N2O2S. The Balaban J connectivity index is 0.00000400. The maximum absolute atomic E-state index is 12.0. The van der Waals surface area contributed by atoms with E-state index in [0.29, 0.717) is 28.5 Å². The van der Waals surface area contributed by atoms with E-state index < -0.39 is 15.6 Å². The summed E-state index contributed by atoms with van der Waals surface area (Å²) in [5.74, 6) is -0.145. The predicted molar refractivity (Wildman–Crippen MR) is 91.8 cm³/mol. The van der Waals surface area contributed by atoms with Crippen LogP contribution in [0.1, 0.15) is 32.3 Å². The summed E-state index contributed by atoms with van der Waals surface area (Å²) < 4.78 is 26.6. The van der Waals surface area contributed by atoms with Gasteiger partial charge >= 0.3 is 0 Å². The fourth-order valence-corrected chi connectivity index (χ4v) is 3.20. The summed E-state index contributed by atoms with van der Waals surface area (Å²) in [6.45, 7) is 4.11. The van der Waals surface area contributed by atoms with E-state index in [9.17, 15) is 8.42 Å². The lowest BCUT2D eigenvalue weighted by atomic mass is 9.95. The van der Waals surface area contributed by atoms with Crippen molar-refractivity contribution in [2.45, 2.75) is 38.0 Å². The molecule has 0 aliphatic carbocycles. The van der Waals surface area contributed by atoms with Crippen molar-refractivity contribution in [3.05, 3.63) is 33.8 Å². The van der Waals surface area contributed by atoms with Crippen LogP contribution in [-0.4, -0.2) is 20.5 Å². The van der Waals surface area contributed by atoms with Crippen LogP contribution in [-0.2, 0) is 15.8 Å². The summed E-state index contributed by atoms with van der Waals surface area (Å²) in [6, 6.07) is 4.78. The fourth-order valence-electron chi connectivity index (χ4n) is 1.65. The molecule has 0 saturated carbocycles. The normalized spacial score (nSPS) is 12.0. The van der Waals surface area contributed by atoms with Gasteiger partial charge in [0.1, 0.15) is 0 Å². The minimum atomic E-state index is -3.45. The molecule has 0 aliphatic heterocycles. The maximum Gasteiger partial charge on any atom is 0.215 e. The molecule has 0 radical (unpaired) electrons. The molecule has 0 bridgehead atoms. The number of sulfonamides is 1. The van der Waals surface area contributed by atoms with Crippen molar-refractivity contribution < 1.29 is 8.42 Å². The molecule has 21 heavy (non-hydrogen) atoms. The van der Waals surface area contributed by atoms with Crippen molar-refractivity contribution >= 4 is 45.6 Å². The van der Waals surface area contributed by atoms with Crippen LogP contribution in [0, 0.1) is 0 Å². The average Bonchev–Trinajstić information content (AvgIpc) is 2.40. The third-order valence-electron chi connectivity index (χ3n) is 3.39. The Bertz CT molecular complexity index is 561. The zero-order valence-electron chi connectivity index (χ0n) is 12.0. The molecule has 8 heteroatoms. The monoisotopic (exact) mass is 374 g/mol. The Labute approximate surface area is 142 Å². The molecule has 0 aliphatic rings. The first-order valence-electron chi connectivity index (χ1n) is 6.41. The number of nitrogens with two attached hydrogens (primary N) is 1. The topological polar surface area (TPSA) is 72.2 Å². The molecule has 0 atom stereocenters. The molecular weight excluding hydrogens is 355 g/mol. The smallest absolute Gasteiger partial charge is 0.215 e. The van der Waals surface area contributed by atoms with Crippen molar-refractivity contribution in [1.82, 2.24) is 4.72 Å². The second-order valence-corrected chi connectivity index (χ2v) is 7.52. The van der Waals surface area contributed by atoms with Crippen LogP contribution >= 0.6 is 35.6 Å². The van der Waals surface area contributed by atoms with Crippen molar-refractivity contribution in [3.63, 3.8) is 0 Å². The van der Waals surface area contributed by atoms with Crippen molar-refractivity contribution in [2.24, 2.45) is 5.73 Å². The number of hydrogen-bond donors (Lipinski definition) is 2. The third-order valence-corrected chi connectivity index (χ3v) is 5.43. The number of hydrogen-bond acceptors (Lipinski definition) is 3. The van der Waals surface area contributed by atoms with E-state index in [1.54, 1.807) is 18.2 Å². The highest BCUT2D eigenvalue weighted by Gasteiger charge is 2.23. The van der Waals surface area contributed by atoms with Crippen molar-refractivity contribution in [1.29, 1.82) is 0 Å². The van der Waals surface area contributed by atoms with E-state index in [1.165, 1.54) is 0 Å². The second kappa shape index (κ2) is 8.56. The number of benzene rings is 1. The quantitative estimate of drug-likeness (QED) is 0.767. The van der Waals surface area contributed by atoms with E-state index in [-0.39, 0.29) is 24.7 Å². The fraction of sp³-hybridized carbons (Fsp3) is 0.538. The molecule has 122 valence electrons. The number of halogens is 3. The van der Waals surface area contributed by atoms with Crippen LogP contribution in [0.15, 0.2) is 18.2 Å². The highest BCUT2D eigenvalue weighted by molar-refractivity contribution is 7.88. The molecule has 1 aromatic rings. The lowest BCUT2D eigenvalue weighted by Gasteiger charge is -2.26. The van der Waals surface area contributed by atoms with E-state index in [1.807, 2.05) is 13.8 Å². The van der Waals surface area contributed by atoms with Crippen molar-refractivity contribution in [3.8, 4) is 0 Å². The number of nitrogens with one attached hydrogen (secondary N) is 1. The zero-order chi connectivity index (χ0) is 15.4. The lowest BCUT2D eigenvalue weighted by molar-refractivity contribution is 0.391. The molecule has 0 spiro atoms. The first-order valence-corrected chi connectivity index (χ1v) is 8.82. The summed E-state index contributed by atoms with van der Waals surface area (Å²) in [5.41, 5.74) is 6.15. The maximum atomic E-state index is 12.0. The first-order chi connectivity index (χ1) is 9.21. The predicted octanol–water partition coefficient (Wildman–Crippen LogP) is 3.35. The van der Waals surface area contributed by atoms with Crippen molar-refractivity contribution in [2.75, 3.05) is 6.54 Å². The van der Waals surface area contributed by atoms with Gasteiger partial charge in [-0.25, -0.2) is 13.1 Å². The van der Waals surface area contributed by atoms with Crippen LogP contribution < -0.4 is 10.5 Å². The Morgan fingerprint density at radius 1 is 1.19 bits per heavy atom. The molecule has 0 saturated heterocycles. The van der Waals surface area contributed by atoms with Gasteiger partial charge < -0.3 is 5.73 Å². The van der Waals surface area contributed by atoms with Gasteiger partial charge in [-0.1, -0.05) is 43.1 Å². The largest absolute Gasteiger partial charge is 0.324 e. The van der Waals surface area contributed by atoms with E-state index in [2.05, 4.69) is 4.72 Å². The van der Waals surface area contributed by atoms with E-state index >= 15 is 0 Å². The van der Waals surface area contributed by atoms with Gasteiger partial charge in [-0.2, -0.15) is 0 Å². The highest BCUT2D eigenvalue weighted by Crippen LogP contribution is 2.23. The summed E-state index contributed by atoms with van der Waals surface area (Å²) in [5, 5.41) is 0.744. The van der Waals surface area contributed by atoms with Gasteiger partial charge in [-0.3, -0.25) is 0 Å². The summed E-state index contributed by atoms with van der Waals surface area (Å²) in [4.78, 5) is 0. The Hall–Kier alpha value is -0.0400. The zero-order valence-corrected chi connectivity index (χ0v) is 15.2. The minimum absolute atomic E-state index is 0. The van der Waals surface area contributed by atoms with Gasteiger partial charge in [0, 0.05) is 12.1 Å². The molecule has 0 fully saturated rings. The van der Waals surface area contributed by atoms with Crippen LogP contribution in [0.3, 0.4) is 0 Å². The second-order valence-electron chi connectivity index (χ2n) is 4.90. The standard InChI is InChI=1S/C13H20Cl2N2O2S.ClH/c1-3-13(16,4-2)9-17-20(18,19)8-10-5-6-11(14)12(15)7-10;/h5-7,17H,3-4,8-9,16H2,1-2H3;1H. The van der Waals surface area contributed by atoms with Gasteiger partial charge in [0.25, 0.3) is 0 Å². The molecule has 0 amide bonds. The molecule has 3 N–H and O–H groups in total. The molecule has 1 rings (SSSR count). The Kier molecular flexibility index (Phi) is 8.54.